The number of hydrogen-bond acceptors (Lipinski definition) is 3. The summed E-state index contributed by atoms with van der Waals surface area (Å²) in [6, 6.07) is 0. The minimum absolute atomic E-state index is 0.256. The van der Waals surface area contributed by atoms with E-state index in [-0.39, 0.29) is 5.91 Å². The van der Waals surface area contributed by atoms with Gasteiger partial charge < -0.3 is 5.32 Å². The van der Waals surface area contributed by atoms with Crippen molar-refractivity contribution in [1.29, 1.82) is 0 Å². The molecule has 0 bridgehead atoms. The SMILES string of the molecule is CC#CCNC(=O)c1n[nH]nc1C. The fourth-order valence-electron chi connectivity index (χ4n) is 0.796. The lowest BCUT2D eigenvalue weighted by atomic mass is 10.3. The van der Waals surface area contributed by atoms with Crippen LogP contribution in [0.1, 0.15) is 23.1 Å². The van der Waals surface area contributed by atoms with Crippen LogP contribution >= 0.6 is 0 Å². The van der Waals surface area contributed by atoms with E-state index in [4.69, 9.17) is 0 Å². The zero-order chi connectivity index (χ0) is 9.68. The monoisotopic (exact) mass is 178 g/mol. The van der Waals surface area contributed by atoms with Crippen molar-refractivity contribution in [2.24, 2.45) is 0 Å². The molecule has 1 amide bonds. The van der Waals surface area contributed by atoms with Gasteiger partial charge in [-0.3, -0.25) is 4.79 Å². The zero-order valence-electron chi connectivity index (χ0n) is 7.51. The number of rotatable bonds is 2. The molecule has 0 aliphatic heterocycles. The highest BCUT2D eigenvalue weighted by Crippen LogP contribution is 1.96. The summed E-state index contributed by atoms with van der Waals surface area (Å²) in [7, 11) is 0. The minimum atomic E-state index is -0.256. The van der Waals surface area contributed by atoms with Gasteiger partial charge in [0.1, 0.15) is 0 Å². The van der Waals surface area contributed by atoms with Gasteiger partial charge in [-0.15, -0.1) is 5.92 Å². The predicted molar refractivity (Wildman–Crippen MR) is 46.9 cm³/mol. The molecule has 13 heavy (non-hydrogen) atoms. The average Bonchev–Trinajstić information content (AvgIpc) is 2.52. The molecule has 1 aromatic heterocycles. The molecule has 0 spiro atoms. The van der Waals surface area contributed by atoms with Gasteiger partial charge in [0.05, 0.1) is 12.2 Å². The van der Waals surface area contributed by atoms with Crippen LogP contribution in [0.3, 0.4) is 0 Å². The predicted octanol–water partition coefficient (Wildman–Crippen LogP) is -0.134. The van der Waals surface area contributed by atoms with E-state index in [9.17, 15) is 4.79 Å². The number of aromatic nitrogens is 3. The van der Waals surface area contributed by atoms with Crippen LogP contribution in [0.2, 0.25) is 0 Å². The first-order valence-electron chi connectivity index (χ1n) is 3.81. The number of nitrogens with zero attached hydrogens (tertiary/aromatic N) is 2. The van der Waals surface area contributed by atoms with E-state index in [2.05, 4.69) is 32.6 Å². The molecule has 0 unspecified atom stereocenters. The van der Waals surface area contributed by atoms with Gasteiger partial charge in [-0.05, 0) is 13.8 Å². The van der Waals surface area contributed by atoms with Crippen molar-refractivity contribution in [1.82, 2.24) is 20.7 Å². The molecule has 0 saturated carbocycles. The fraction of sp³-hybridized carbons (Fsp3) is 0.375. The van der Waals surface area contributed by atoms with E-state index in [0.717, 1.165) is 0 Å². The molecule has 1 aromatic rings. The Labute approximate surface area is 75.9 Å². The first-order valence-corrected chi connectivity index (χ1v) is 3.81. The van der Waals surface area contributed by atoms with E-state index in [1.165, 1.54) is 0 Å². The van der Waals surface area contributed by atoms with Crippen LogP contribution in [-0.4, -0.2) is 27.9 Å². The maximum absolute atomic E-state index is 11.3. The molecule has 0 atom stereocenters. The van der Waals surface area contributed by atoms with Gasteiger partial charge in [-0.25, -0.2) is 0 Å². The Kier molecular flexibility index (Phi) is 3.03. The second-order valence-electron chi connectivity index (χ2n) is 2.37. The van der Waals surface area contributed by atoms with Crippen molar-refractivity contribution in [3.05, 3.63) is 11.4 Å². The van der Waals surface area contributed by atoms with Crippen LogP contribution in [0, 0.1) is 18.8 Å². The van der Waals surface area contributed by atoms with Crippen molar-refractivity contribution in [3.63, 3.8) is 0 Å². The number of aromatic amines is 1. The van der Waals surface area contributed by atoms with Crippen molar-refractivity contribution >= 4 is 5.91 Å². The molecule has 2 N–H and O–H groups in total. The topological polar surface area (TPSA) is 70.7 Å². The van der Waals surface area contributed by atoms with Crippen molar-refractivity contribution in [3.8, 4) is 11.8 Å². The third kappa shape index (κ3) is 2.30. The maximum atomic E-state index is 11.3. The fourth-order valence-corrected chi connectivity index (χ4v) is 0.796. The number of nitrogens with one attached hydrogen (secondary N) is 2. The molecular weight excluding hydrogens is 168 g/mol. The van der Waals surface area contributed by atoms with Crippen molar-refractivity contribution < 1.29 is 4.79 Å². The van der Waals surface area contributed by atoms with Crippen LogP contribution in [0.5, 0.6) is 0 Å². The van der Waals surface area contributed by atoms with Crippen molar-refractivity contribution in [2.75, 3.05) is 6.54 Å². The summed E-state index contributed by atoms with van der Waals surface area (Å²) in [6.07, 6.45) is 0. The molecule has 0 saturated heterocycles. The number of amides is 1. The minimum Gasteiger partial charge on any atom is -0.340 e. The number of H-pyrrole nitrogens is 1. The van der Waals surface area contributed by atoms with E-state index in [0.29, 0.717) is 17.9 Å². The van der Waals surface area contributed by atoms with Crippen LogP contribution in [-0.2, 0) is 0 Å². The summed E-state index contributed by atoms with van der Waals surface area (Å²) in [5.74, 6) is 5.14. The van der Waals surface area contributed by atoms with Crippen LogP contribution in [0.25, 0.3) is 0 Å². The van der Waals surface area contributed by atoms with Crippen LogP contribution < -0.4 is 5.32 Å². The van der Waals surface area contributed by atoms with Gasteiger partial charge in [-0.1, -0.05) is 5.92 Å². The average molecular weight is 178 g/mol. The normalized spacial score (nSPS) is 8.77. The number of carbonyl (C=O) groups excluding carboxylic acids is 1. The van der Waals surface area contributed by atoms with Gasteiger partial charge in [-0.2, -0.15) is 15.4 Å². The van der Waals surface area contributed by atoms with Gasteiger partial charge >= 0.3 is 0 Å². The summed E-state index contributed by atoms with van der Waals surface area (Å²) in [5.41, 5.74) is 0.903. The van der Waals surface area contributed by atoms with Crippen LogP contribution in [0.15, 0.2) is 0 Å². The molecule has 1 rings (SSSR count). The van der Waals surface area contributed by atoms with Crippen molar-refractivity contribution in [2.45, 2.75) is 13.8 Å². The third-order valence-electron chi connectivity index (χ3n) is 1.45. The Hall–Kier alpha value is -1.83. The molecule has 68 valence electrons. The molecule has 5 nitrogen and oxygen atoms in total. The van der Waals surface area contributed by atoms with Gasteiger partial charge in [0.2, 0.25) is 0 Å². The smallest absolute Gasteiger partial charge is 0.274 e. The lowest BCUT2D eigenvalue weighted by Gasteiger charge is -1.96. The van der Waals surface area contributed by atoms with Gasteiger partial charge in [0, 0.05) is 0 Å². The molecular formula is C8H10N4O. The largest absolute Gasteiger partial charge is 0.340 e. The molecule has 0 fully saturated rings. The highest BCUT2D eigenvalue weighted by Gasteiger charge is 2.11. The second-order valence-corrected chi connectivity index (χ2v) is 2.37. The maximum Gasteiger partial charge on any atom is 0.274 e. The molecule has 0 aromatic carbocycles. The Morgan fingerprint density at radius 1 is 1.62 bits per heavy atom. The summed E-state index contributed by atoms with van der Waals surface area (Å²) < 4.78 is 0. The lowest BCUT2D eigenvalue weighted by Crippen LogP contribution is -2.24. The first kappa shape index (κ1) is 9.26. The zero-order valence-corrected chi connectivity index (χ0v) is 7.51. The second kappa shape index (κ2) is 4.26. The molecule has 1 heterocycles. The van der Waals surface area contributed by atoms with E-state index in [1.54, 1.807) is 13.8 Å². The summed E-state index contributed by atoms with van der Waals surface area (Å²) >= 11 is 0. The summed E-state index contributed by atoms with van der Waals surface area (Å²) in [5, 5.41) is 12.4. The molecule has 0 radical (unpaired) electrons. The number of aryl methyl sites for hydroxylation is 1. The molecule has 0 aliphatic rings. The Bertz CT molecular complexity index is 358. The van der Waals surface area contributed by atoms with Crippen LogP contribution in [0.4, 0.5) is 0 Å². The van der Waals surface area contributed by atoms with Gasteiger partial charge in [0.15, 0.2) is 5.69 Å². The van der Waals surface area contributed by atoms with E-state index in [1.807, 2.05) is 0 Å². The Morgan fingerprint density at radius 3 is 2.92 bits per heavy atom. The Balaban J connectivity index is 2.57. The summed E-state index contributed by atoms with van der Waals surface area (Å²) in [6.45, 7) is 3.76. The summed E-state index contributed by atoms with van der Waals surface area (Å²) in [4.78, 5) is 11.3. The number of hydrogen-bond donors (Lipinski definition) is 2. The standard InChI is InChI=1S/C8H10N4O/c1-3-4-5-9-8(13)7-6(2)10-12-11-7/h5H2,1-2H3,(H,9,13)(H,10,11,12). The highest BCUT2D eigenvalue weighted by atomic mass is 16.1. The highest BCUT2D eigenvalue weighted by molar-refractivity contribution is 5.93. The Morgan fingerprint density at radius 2 is 2.38 bits per heavy atom. The quantitative estimate of drug-likeness (QED) is 0.619. The number of carbonyl (C=O) groups is 1. The lowest BCUT2D eigenvalue weighted by molar-refractivity contribution is 0.0953. The van der Waals surface area contributed by atoms with E-state index < -0.39 is 0 Å². The molecule has 0 aliphatic carbocycles. The van der Waals surface area contributed by atoms with E-state index >= 15 is 0 Å². The first-order chi connectivity index (χ1) is 6.25. The molecule has 5 heteroatoms. The third-order valence-corrected chi connectivity index (χ3v) is 1.45. The van der Waals surface area contributed by atoms with Gasteiger partial charge in [0.25, 0.3) is 5.91 Å².